The van der Waals surface area contributed by atoms with Crippen molar-refractivity contribution in [3.8, 4) is 0 Å². The highest BCUT2D eigenvalue weighted by Gasteiger charge is 2.24. The van der Waals surface area contributed by atoms with Crippen LogP contribution in [0.2, 0.25) is 0 Å². The molecule has 3 aromatic heterocycles. The highest BCUT2D eigenvalue weighted by Crippen LogP contribution is 2.21. The molecule has 0 aliphatic heterocycles. The summed E-state index contributed by atoms with van der Waals surface area (Å²) < 4.78 is 3.15. The molecule has 1 aliphatic rings. The SMILES string of the molecule is Cn1c(C(=O)NC2CCc3c(ccc(=O)n3Cc3ccncc3)C2)cccc1=O. The molecular formula is C22H22N4O3. The van der Waals surface area contributed by atoms with Crippen LogP contribution in [0.3, 0.4) is 0 Å². The minimum absolute atomic E-state index is 0.0256. The minimum Gasteiger partial charge on any atom is -0.348 e. The lowest BCUT2D eigenvalue weighted by Gasteiger charge is -2.28. The molecule has 4 rings (SSSR count). The smallest absolute Gasteiger partial charge is 0.268 e. The maximum absolute atomic E-state index is 12.6. The van der Waals surface area contributed by atoms with Gasteiger partial charge in [0.1, 0.15) is 5.69 Å². The molecule has 3 heterocycles. The Morgan fingerprint density at radius 2 is 1.90 bits per heavy atom. The number of hydrogen-bond acceptors (Lipinski definition) is 4. The fourth-order valence-electron chi connectivity index (χ4n) is 3.84. The van der Waals surface area contributed by atoms with Gasteiger partial charge in [-0.15, -0.1) is 0 Å². The number of pyridine rings is 3. The van der Waals surface area contributed by atoms with Crippen LogP contribution in [0.25, 0.3) is 0 Å². The molecule has 0 aromatic carbocycles. The van der Waals surface area contributed by atoms with Gasteiger partial charge in [-0.05, 0) is 48.6 Å². The van der Waals surface area contributed by atoms with Crippen LogP contribution in [0.4, 0.5) is 0 Å². The van der Waals surface area contributed by atoms with Crippen LogP contribution in [0.15, 0.2) is 64.4 Å². The van der Waals surface area contributed by atoms with Crippen molar-refractivity contribution in [2.45, 2.75) is 31.8 Å². The van der Waals surface area contributed by atoms with Crippen molar-refractivity contribution < 1.29 is 4.79 Å². The second-order valence-electron chi connectivity index (χ2n) is 7.31. The molecule has 0 bridgehead atoms. The zero-order valence-corrected chi connectivity index (χ0v) is 16.2. The molecule has 0 fully saturated rings. The highest BCUT2D eigenvalue weighted by atomic mass is 16.2. The molecule has 1 unspecified atom stereocenters. The summed E-state index contributed by atoms with van der Waals surface area (Å²) in [4.78, 5) is 40.9. The molecular weight excluding hydrogens is 368 g/mol. The fraction of sp³-hybridized carbons (Fsp3) is 0.273. The third kappa shape index (κ3) is 3.89. The third-order valence-corrected chi connectivity index (χ3v) is 5.43. The lowest BCUT2D eigenvalue weighted by atomic mass is 9.91. The standard InChI is InChI=1S/C22H22N4O3/c1-25-19(3-2-4-20(25)27)22(29)24-17-6-7-18-16(13-17)5-8-21(28)26(18)14-15-9-11-23-12-10-15/h2-5,8-12,17H,6-7,13-14H2,1H3,(H,24,29). The summed E-state index contributed by atoms with van der Waals surface area (Å²) in [5.41, 5.74) is 3.21. The normalized spacial score (nSPS) is 15.6. The number of rotatable bonds is 4. The molecule has 1 aliphatic carbocycles. The van der Waals surface area contributed by atoms with E-state index in [1.807, 2.05) is 22.8 Å². The van der Waals surface area contributed by atoms with E-state index in [-0.39, 0.29) is 23.1 Å². The van der Waals surface area contributed by atoms with E-state index in [2.05, 4.69) is 10.3 Å². The van der Waals surface area contributed by atoms with E-state index in [9.17, 15) is 14.4 Å². The van der Waals surface area contributed by atoms with Crippen LogP contribution in [0.5, 0.6) is 0 Å². The fourth-order valence-corrected chi connectivity index (χ4v) is 3.84. The lowest BCUT2D eigenvalue weighted by Crippen LogP contribution is -2.42. The van der Waals surface area contributed by atoms with Gasteiger partial charge in [0.15, 0.2) is 0 Å². The van der Waals surface area contributed by atoms with Crippen molar-refractivity contribution in [1.29, 1.82) is 0 Å². The first kappa shape index (κ1) is 18.9. The van der Waals surface area contributed by atoms with E-state index >= 15 is 0 Å². The topological polar surface area (TPSA) is 86.0 Å². The van der Waals surface area contributed by atoms with Gasteiger partial charge in [0.05, 0.1) is 6.54 Å². The average molecular weight is 390 g/mol. The summed E-state index contributed by atoms with van der Waals surface area (Å²) in [6.07, 6.45) is 5.53. The van der Waals surface area contributed by atoms with Crippen molar-refractivity contribution in [2.24, 2.45) is 7.05 Å². The Morgan fingerprint density at radius 3 is 2.69 bits per heavy atom. The number of hydrogen-bond donors (Lipinski definition) is 1. The predicted molar refractivity (Wildman–Crippen MR) is 109 cm³/mol. The molecule has 148 valence electrons. The summed E-state index contributed by atoms with van der Waals surface area (Å²) in [5, 5.41) is 3.03. The van der Waals surface area contributed by atoms with E-state index in [0.717, 1.165) is 23.2 Å². The molecule has 0 saturated heterocycles. The highest BCUT2D eigenvalue weighted by molar-refractivity contribution is 5.92. The predicted octanol–water partition coefficient (Wildman–Crippen LogP) is 1.28. The molecule has 29 heavy (non-hydrogen) atoms. The quantitative estimate of drug-likeness (QED) is 0.727. The second-order valence-corrected chi connectivity index (χ2v) is 7.31. The van der Waals surface area contributed by atoms with E-state index < -0.39 is 0 Å². The Labute approximate surface area is 167 Å². The van der Waals surface area contributed by atoms with Crippen molar-refractivity contribution in [1.82, 2.24) is 19.4 Å². The van der Waals surface area contributed by atoms with Gasteiger partial charge in [0.25, 0.3) is 17.0 Å². The number of carbonyl (C=O) groups is 1. The second kappa shape index (κ2) is 7.87. The number of nitrogens with zero attached hydrogens (tertiary/aromatic N) is 3. The summed E-state index contributed by atoms with van der Waals surface area (Å²) in [5.74, 6) is -0.260. The first-order chi connectivity index (χ1) is 14.0. The first-order valence-electron chi connectivity index (χ1n) is 9.60. The lowest BCUT2D eigenvalue weighted by molar-refractivity contribution is 0.0924. The molecule has 7 nitrogen and oxygen atoms in total. The zero-order valence-electron chi connectivity index (χ0n) is 16.2. The molecule has 3 aromatic rings. The number of aromatic nitrogens is 3. The van der Waals surface area contributed by atoms with Crippen LogP contribution in [0, 0.1) is 0 Å². The van der Waals surface area contributed by atoms with Gasteiger partial charge in [-0.1, -0.05) is 12.1 Å². The van der Waals surface area contributed by atoms with Gasteiger partial charge < -0.3 is 14.5 Å². The van der Waals surface area contributed by atoms with Crippen molar-refractivity contribution in [2.75, 3.05) is 0 Å². The largest absolute Gasteiger partial charge is 0.348 e. The van der Waals surface area contributed by atoms with Gasteiger partial charge in [0.2, 0.25) is 0 Å². The average Bonchev–Trinajstić information content (AvgIpc) is 2.73. The monoisotopic (exact) mass is 390 g/mol. The van der Waals surface area contributed by atoms with Crippen LogP contribution in [0.1, 0.15) is 33.7 Å². The summed E-state index contributed by atoms with van der Waals surface area (Å²) in [6.45, 7) is 0.508. The van der Waals surface area contributed by atoms with Crippen LogP contribution in [-0.2, 0) is 26.4 Å². The van der Waals surface area contributed by atoms with Crippen molar-refractivity contribution in [3.63, 3.8) is 0 Å². The van der Waals surface area contributed by atoms with Gasteiger partial charge in [0, 0.05) is 43.3 Å². The maximum atomic E-state index is 12.6. The van der Waals surface area contributed by atoms with Gasteiger partial charge in [-0.25, -0.2) is 0 Å². The Balaban J connectivity index is 1.54. The van der Waals surface area contributed by atoms with Gasteiger partial charge in [-0.3, -0.25) is 19.4 Å². The van der Waals surface area contributed by atoms with Crippen LogP contribution < -0.4 is 16.4 Å². The Bertz CT molecular complexity index is 1160. The summed E-state index contributed by atoms with van der Waals surface area (Å²) >= 11 is 0. The van der Waals surface area contributed by atoms with E-state index in [0.29, 0.717) is 25.1 Å². The van der Waals surface area contributed by atoms with Crippen LogP contribution in [-0.4, -0.2) is 26.1 Å². The molecule has 1 amide bonds. The van der Waals surface area contributed by atoms with Crippen LogP contribution >= 0.6 is 0 Å². The zero-order chi connectivity index (χ0) is 20.4. The Morgan fingerprint density at radius 1 is 1.10 bits per heavy atom. The Hall–Kier alpha value is -3.48. The Kier molecular flexibility index (Phi) is 5.12. The molecule has 0 saturated carbocycles. The molecule has 1 atom stereocenters. The van der Waals surface area contributed by atoms with E-state index in [1.54, 1.807) is 37.6 Å². The summed E-state index contributed by atoms with van der Waals surface area (Å²) in [7, 11) is 1.59. The number of carbonyl (C=O) groups excluding carboxylic acids is 1. The maximum Gasteiger partial charge on any atom is 0.268 e. The van der Waals surface area contributed by atoms with Crippen molar-refractivity contribution in [3.05, 3.63) is 98.1 Å². The minimum atomic E-state index is -0.260. The first-order valence-corrected chi connectivity index (χ1v) is 9.60. The van der Waals surface area contributed by atoms with E-state index in [1.165, 1.54) is 10.6 Å². The van der Waals surface area contributed by atoms with Crippen molar-refractivity contribution >= 4 is 5.91 Å². The molecule has 0 spiro atoms. The number of amides is 1. The van der Waals surface area contributed by atoms with E-state index in [4.69, 9.17) is 0 Å². The van der Waals surface area contributed by atoms with Gasteiger partial charge in [-0.2, -0.15) is 0 Å². The molecule has 7 heteroatoms. The molecule has 0 radical (unpaired) electrons. The number of fused-ring (bicyclic) bond motifs is 1. The summed E-state index contributed by atoms with van der Waals surface area (Å²) in [6, 6.07) is 11.9. The number of nitrogens with one attached hydrogen (secondary N) is 1. The van der Waals surface area contributed by atoms with Gasteiger partial charge >= 0.3 is 0 Å². The third-order valence-electron chi connectivity index (χ3n) is 5.43. The molecule has 1 N–H and O–H groups in total.